The molecule has 70 valence electrons. The molecule has 0 aromatic rings. The molecular formula is C8H12Cl2O2. The van der Waals surface area contributed by atoms with Crippen molar-refractivity contribution in [2.75, 3.05) is 0 Å². The van der Waals surface area contributed by atoms with Crippen LogP contribution in [0.4, 0.5) is 0 Å². The van der Waals surface area contributed by atoms with Crippen molar-refractivity contribution in [3.8, 4) is 0 Å². The molecule has 2 unspecified atom stereocenters. The first-order valence-corrected chi connectivity index (χ1v) is 4.71. The van der Waals surface area contributed by atoms with Gasteiger partial charge in [0.1, 0.15) is 5.60 Å². The van der Waals surface area contributed by atoms with Gasteiger partial charge >= 0.3 is 5.97 Å². The fourth-order valence-corrected chi connectivity index (χ4v) is 1.85. The van der Waals surface area contributed by atoms with E-state index in [0.717, 1.165) is 6.42 Å². The Morgan fingerprint density at radius 3 is 2.25 bits per heavy atom. The zero-order valence-corrected chi connectivity index (χ0v) is 8.87. The van der Waals surface area contributed by atoms with Crippen LogP contribution in [0, 0.1) is 5.92 Å². The Morgan fingerprint density at radius 1 is 1.58 bits per heavy atom. The average Bonchev–Trinajstić information content (AvgIpc) is 2.14. The van der Waals surface area contributed by atoms with Crippen molar-refractivity contribution < 1.29 is 9.53 Å². The standard InChI is InChI=1S/C8H12Cl2O2/c1-4-7(3)5(2)8(9,10)6(11)12-7/h5H,4H2,1-3H3. The maximum absolute atomic E-state index is 11.2. The predicted molar refractivity (Wildman–Crippen MR) is 48.4 cm³/mol. The van der Waals surface area contributed by atoms with Crippen LogP contribution in [-0.2, 0) is 9.53 Å². The molecule has 2 nitrogen and oxygen atoms in total. The van der Waals surface area contributed by atoms with E-state index in [1.807, 2.05) is 20.8 Å². The molecule has 0 aromatic heterocycles. The molecule has 0 bridgehead atoms. The molecule has 2 atom stereocenters. The van der Waals surface area contributed by atoms with Crippen LogP contribution in [-0.4, -0.2) is 15.9 Å². The van der Waals surface area contributed by atoms with Crippen LogP contribution in [0.5, 0.6) is 0 Å². The first kappa shape index (κ1) is 10.1. The highest BCUT2D eigenvalue weighted by molar-refractivity contribution is 6.58. The summed E-state index contributed by atoms with van der Waals surface area (Å²) in [6.07, 6.45) is 0.723. The highest BCUT2D eigenvalue weighted by Gasteiger charge is 2.58. The molecule has 0 amide bonds. The summed E-state index contributed by atoms with van der Waals surface area (Å²) < 4.78 is 3.75. The van der Waals surface area contributed by atoms with Crippen molar-refractivity contribution in [2.24, 2.45) is 5.92 Å². The number of esters is 1. The van der Waals surface area contributed by atoms with E-state index in [-0.39, 0.29) is 5.92 Å². The highest BCUT2D eigenvalue weighted by Crippen LogP contribution is 2.48. The van der Waals surface area contributed by atoms with Crippen LogP contribution >= 0.6 is 23.2 Å². The lowest BCUT2D eigenvalue weighted by Gasteiger charge is -2.26. The molecule has 1 rings (SSSR count). The van der Waals surface area contributed by atoms with Crippen molar-refractivity contribution >= 4 is 29.2 Å². The van der Waals surface area contributed by atoms with Gasteiger partial charge in [-0.05, 0) is 13.3 Å². The number of alkyl halides is 2. The SMILES string of the molecule is CCC1(C)OC(=O)C(Cl)(Cl)C1C. The van der Waals surface area contributed by atoms with E-state index in [1.54, 1.807) is 0 Å². The lowest BCUT2D eigenvalue weighted by Crippen LogP contribution is -2.34. The van der Waals surface area contributed by atoms with E-state index in [1.165, 1.54) is 0 Å². The Balaban J connectivity index is 2.98. The predicted octanol–water partition coefficient (Wildman–Crippen LogP) is 2.52. The van der Waals surface area contributed by atoms with Crippen molar-refractivity contribution in [3.05, 3.63) is 0 Å². The summed E-state index contributed by atoms with van der Waals surface area (Å²) in [5, 5.41) is 0. The van der Waals surface area contributed by atoms with Crippen LogP contribution in [0.1, 0.15) is 27.2 Å². The number of cyclic esters (lactones) is 1. The molecule has 0 spiro atoms. The second kappa shape index (κ2) is 2.78. The Hall–Kier alpha value is 0.0500. The van der Waals surface area contributed by atoms with E-state index in [2.05, 4.69) is 0 Å². The summed E-state index contributed by atoms with van der Waals surface area (Å²) in [7, 11) is 0. The van der Waals surface area contributed by atoms with Gasteiger partial charge in [0.15, 0.2) is 0 Å². The molecule has 1 aliphatic heterocycles. The molecule has 12 heavy (non-hydrogen) atoms. The maximum Gasteiger partial charge on any atom is 0.343 e. The lowest BCUT2D eigenvalue weighted by atomic mass is 9.88. The largest absolute Gasteiger partial charge is 0.457 e. The molecule has 0 radical (unpaired) electrons. The molecule has 0 saturated carbocycles. The van der Waals surface area contributed by atoms with Crippen molar-refractivity contribution in [3.63, 3.8) is 0 Å². The van der Waals surface area contributed by atoms with E-state index in [0.29, 0.717) is 0 Å². The summed E-state index contributed by atoms with van der Waals surface area (Å²) in [5.41, 5.74) is -0.513. The summed E-state index contributed by atoms with van der Waals surface area (Å²) in [6, 6.07) is 0. The van der Waals surface area contributed by atoms with Gasteiger partial charge in [0.2, 0.25) is 4.33 Å². The Kier molecular flexibility index (Phi) is 2.34. The Morgan fingerprint density at radius 2 is 2.08 bits per heavy atom. The summed E-state index contributed by atoms with van der Waals surface area (Å²) in [5.74, 6) is -0.700. The molecule has 1 aliphatic rings. The first-order chi connectivity index (χ1) is 5.34. The highest BCUT2D eigenvalue weighted by atomic mass is 35.5. The molecule has 1 saturated heterocycles. The minimum absolute atomic E-state index is 0.175. The average molecular weight is 211 g/mol. The molecular weight excluding hydrogens is 199 g/mol. The van der Waals surface area contributed by atoms with Crippen LogP contribution in [0.2, 0.25) is 0 Å². The molecule has 0 aromatic carbocycles. The fourth-order valence-electron chi connectivity index (χ4n) is 1.31. The Labute approximate surface area is 82.2 Å². The third kappa shape index (κ3) is 1.21. The number of carbonyl (C=O) groups excluding carboxylic acids is 1. The summed E-state index contributed by atoms with van der Waals surface area (Å²) in [4.78, 5) is 11.2. The lowest BCUT2D eigenvalue weighted by molar-refractivity contribution is -0.148. The van der Waals surface area contributed by atoms with E-state index in [4.69, 9.17) is 27.9 Å². The Bertz CT molecular complexity index is 215. The van der Waals surface area contributed by atoms with Gasteiger partial charge in [-0.2, -0.15) is 0 Å². The van der Waals surface area contributed by atoms with Gasteiger partial charge in [0, 0.05) is 5.92 Å². The second-order valence-electron chi connectivity index (χ2n) is 3.40. The van der Waals surface area contributed by atoms with E-state index in [9.17, 15) is 4.79 Å². The van der Waals surface area contributed by atoms with Gasteiger partial charge in [0.25, 0.3) is 0 Å². The number of ether oxygens (including phenoxy) is 1. The molecule has 0 N–H and O–H groups in total. The maximum atomic E-state index is 11.2. The number of carbonyl (C=O) groups is 1. The van der Waals surface area contributed by atoms with Crippen molar-refractivity contribution in [1.29, 1.82) is 0 Å². The monoisotopic (exact) mass is 210 g/mol. The molecule has 0 aliphatic carbocycles. The van der Waals surface area contributed by atoms with Crippen molar-refractivity contribution in [1.82, 2.24) is 0 Å². The second-order valence-corrected chi connectivity index (χ2v) is 4.79. The van der Waals surface area contributed by atoms with Crippen LogP contribution in [0.3, 0.4) is 0 Å². The van der Waals surface area contributed by atoms with Gasteiger partial charge < -0.3 is 4.74 Å². The topological polar surface area (TPSA) is 26.3 Å². The third-order valence-electron chi connectivity index (χ3n) is 2.76. The smallest absolute Gasteiger partial charge is 0.343 e. The summed E-state index contributed by atoms with van der Waals surface area (Å²) >= 11 is 11.6. The minimum atomic E-state index is -1.37. The third-order valence-corrected chi connectivity index (χ3v) is 3.72. The minimum Gasteiger partial charge on any atom is -0.457 e. The molecule has 4 heteroatoms. The van der Waals surface area contributed by atoms with Crippen molar-refractivity contribution in [2.45, 2.75) is 37.1 Å². The van der Waals surface area contributed by atoms with Gasteiger partial charge in [0.05, 0.1) is 0 Å². The van der Waals surface area contributed by atoms with Gasteiger partial charge in [-0.3, -0.25) is 0 Å². The summed E-state index contributed by atoms with van der Waals surface area (Å²) in [6.45, 7) is 5.62. The number of halogens is 2. The fraction of sp³-hybridized carbons (Fsp3) is 0.875. The zero-order chi connectivity index (χ0) is 9.57. The van der Waals surface area contributed by atoms with Crippen LogP contribution < -0.4 is 0 Å². The first-order valence-electron chi connectivity index (χ1n) is 3.96. The normalized spacial score (nSPS) is 39.8. The number of rotatable bonds is 1. The van der Waals surface area contributed by atoms with Crippen LogP contribution in [0.15, 0.2) is 0 Å². The molecule has 1 fully saturated rings. The van der Waals surface area contributed by atoms with Gasteiger partial charge in [-0.25, -0.2) is 4.79 Å². The van der Waals surface area contributed by atoms with E-state index >= 15 is 0 Å². The molecule has 1 heterocycles. The van der Waals surface area contributed by atoms with E-state index < -0.39 is 15.9 Å². The quantitative estimate of drug-likeness (QED) is 0.492. The zero-order valence-electron chi connectivity index (χ0n) is 7.36. The number of hydrogen-bond donors (Lipinski definition) is 0. The number of hydrogen-bond acceptors (Lipinski definition) is 2. The van der Waals surface area contributed by atoms with Gasteiger partial charge in [-0.1, -0.05) is 37.0 Å². The van der Waals surface area contributed by atoms with Crippen LogP contribution in [0.25, 0.3) is 0 Å². The van der Waals surface area contributed by atoms with Gasteiger partial charge in [-0.15, -0.1) is 0 Å².